The second kappa shape index (κ2) is 6.32. The van der Waals surface area contributed by atoms with E-state index in [1.807, 2.05) is 12.1 Å². The standard InChI is InChI=1S/C25H27NO4/c1-29-19-8-7-17-15-20-25(28)11-9-18(27)23-24(25,21(17)22(19)30-23)12-14-26(20)13-10-16-5-3-2-4-6-16/h2-8,20,23,28H,9-15H2,1H3/t20?,23-,24-,25+/m1/s1. The van der Waals surface area contributed by atoms with Crippen LogP contribution in [0.25, 0.3) is 0 Å². The molecular formula is C25H27NO4. The predicted octanol–water partition coefficient (Wildman–Crippen LogP) is 2.66. The lowest BCUT2D eigenvalue weighted by Gasteiger charge is -2.62. The molecule has 2 aromatic carbocycles. The Balaban J connectivity index is 1.43. The van der Waals surface area contributed by atoms with E-state index in [9.17, 15) is 9.90 Å². The number of piperidine rings is 1. The Labute approximate surface area is 176 Å². The number of ketones is 1. The zero-order valence-electron chi connectivity index (χ0n) is 17.3. The van der Waals surface area contributed by atoms with Gasteiger partial charge >= 0.3 is 0 Å². The van der Waals surface area contributed by atoms with Crippen molar-refractivity contribution in [2.75, 3.05) is 20.2 Å². The molecule has 1 N–H and O–H groups in total. The molecule has 1 spiro atoms. The number of rotatable bonds is 4. The van der Waals surface area contributed by atoms with Gasteiger partial charge in [-0.25, -0.2) is 0 Å². The van der Waals surface area contributed by atoms with Crippen LogP contribution < -0.4 is 9.47 Å². The highest BCUT2D eigenvalue weighted by Crippen LogP contribution is 2.64. The van der Waals surface area contributed by atoms with Crippen molar-refractivity contribution in [3.63, 3.8) is 0 Å². The van der Waals surface area contributed by atoms with Crippen LogP contribution in [0.5, 0.6) is 11.5 Å². The summed E-state index contributed by atoms with van der Waals surface area (Å²) in [4.78, 5) is 15.4. The lowest BCUT2D eigenvalue weighted by atomic mass is 9.49. The van der Waals surface area contributed by atoms with Gasteiger partial charge in [-0.3, -0.25) is 9.69 Å². The molecule has 0 radical (unpaired) electrons. The van der Waals surface area contributed by atoms with Crippen molar-refractivity contribution >= 4 is 5.78 Å². The summed E-state index contributed by atoms with van der Waals surface area (Å²) in [5.41, 5.74) is 1.95. The van der Waals surface area contributed by atoms with Gasteiger partial charge in [-0.15, -0.1) is 0 Å². The summed E-state index contributed by atoms with van der Waals surface area (Å²) in [7, 11) is 1.63. The minimum absolute atomic E-state index is 0.000933. The first-order valence-corrected chi connectivity index (χ1v) is 11.0. The molecular weight excluding hydrogens is 378 g/mol. The molecule has 2 bridgehead atoms. The molecule has 5 heteroatoms. The van der Waals surface area contributed by atoms with Gasteiger partial charge in [0.15, 0.2) is 23.4 Å². The lowest BCUT2D eigenvalue weighted by molar-refractivity contribution is -0.188. The van der Waals surface area contributed by atoms with E-state index in [-0.39, 0.29) is 11.8 Å². The third-order valence-corrected chi connectivity index (χ3v) is 8.10. The van der Waals surface area contributed by atoms with Crippen LogP contribution in [0.15, 0.2) is 42.5 Å². The second-order valence-electron chi connectivity index (χ2n) is 9.23. The third-order valence-electron chi connectivity index (χ3n) is 8.10. The van der Waals surface area contributed by atoms with Gasteiger partial charge in [0.1, 0.15) is 0 Å². The third kappa shape index (κ3) is 2.17. The predicted molar refractivity (Wildman–Crippen MR) is 112 cm³/mol. The van der Waals surface area contributed by atoms with E-state index in [0.717, 1.165) is 37.9 Å². The van der Waals surface area contributed by atoms with Crippen LogP contribution in [0.4, 0.5) is 0 Å². The highest BCUT2D eigenvalue weighted by molar-refractivity contribution is 5.90. The Morgan fingerprint density at radius 3 is 2.83 bits per heavy atom. The Hall–Kier alpha value is -2.37. The van der Waals surface area contributed by atoms with Crippen LogP contribution in [-0.4, -0.2) is 53.7 Å². The molecule has 30 heavy (non-hydrogen) atoms. The van der Waals surface area contributed by atoms with Crippen LogP contribution in [0.1, 0.15) is 36.0 Å². The number of Topliss-reactive ketones (excluding diaryl/α,β-unsaturated/α-hetero) is 1. The van der Waals surface area contributed by atoms with Crippen LogP contribution in [0.3, 0.4) is 0 Å². The summed E-state index contributed by atoms with van der Waals surface area (Å²) < 4.78 is 11.8. The number of aliphatic hydroxyl groups is 1. The van der Waals surface area contributed by atoms with Crippen molar-refractivity contribution in [1.82, 2.24) is 4.90 Å². The summed E-state index contributed by atoms with van der Waals surface area (Å²) in [6.07, 6.45) is 2.76. The summed E-state index contributed by atoms with van der Waals surface area (Å²) in [6.45, 7) is 1.77. The van der Waals surface area contributed by atoms with Gasteiger partial charge in [0, 0.05) is 24.6 Å². The van der Waals surface area contributed by atoms with Crippen LogP contribution in [-0.2, 0) is 23.1 Å². The topological polar surface area (TPSA) is 59.0 Å². The molecule has 156 valence electrons. The van der Waals surface area contributed by atoms with E-state index in [0.29, 0.717) is 24.3 Å². The van der Waals surface area contributed by atoms with Crippen molar-refractivity contribution < 1.29 is 19.4 Å². The molecule has 4 aliphatic rings. The second-order valence-corrected chi connectivity index (χ2v) is 9.23. The lowest BCUT2D eigenvalue weighted by Crippen LogP contribution is -2.76. The maximum Gasteiger partial charge on any atom is 0.174 e. The van der Waals surface area contributed by atoms with Crippen molar-refractivity contribution in [3.8, 4) is 11.5 Å². The van der Waals surface area contributed by atoms with E-state index in [4.69, 9.17) is 9.47 Å². The Morgan fingerprint density at radius 1 is 1.20 bits per heavy atom. The van der Waals surface area contributed by atoms with Crippen LogP contribution >= 0.6 is 0 Å². The molecule has 5 nitrogen and oxygen atoms in total. The Kier molecular flexibility index (Phi) is 3.87. The first kappa shape index (κ1) is 18.4. The minimum atomic E-state index is -0.953. The molecule has 2 aliphatic heterocycles. The fraction of sp³-hybridized carbons (Fsp3) is 0.480. The fourth-order valence-corrected chi connectivity index (χ4v) is 6.75. The zero-order valence-corrected chi connectivity index (χ0v) is 17.3. The molecule has 0 amide bonds. The number of hydrogen-bond donors (Lipinski definition) is 1. The highest BCUT2D eigenvalue weighted by Gasteiger charge is 2.73. The molecule has 1 unspecified atom stereocenters. The van der Waals surface area contributed by atoms with Gasteiger partial charge in [-0.1, -0.05) is 36.4 Å². The molecule has 2 aromatic rings. The zero-order chi connectivity index (χ0) is 20.5. The Morgan fingerprint density at radius 2 is 2.03 bits per heavy atom. The van der Waals surface area contributed by atoms with Crippen molar-refractivity contribution in [1.29, 1.82) is 0 Å². The molecule has 2 fully saturated rings. The smallest absolute Gasteiger partial charge is 0.174 e. The van der Waals surface area contributed by atoms with Crippen molar-refractivity contribution in [2.24, 2.45) is 0 Å². The highest BCUT2D eigenvalue weighted by atomic mass is 16.5. The summed E-state index contributed by atoms with van der Waals surface area (Å²) >= 11 is 0. The normalized spacial score (nSPS) is 33.7. The summed E-state index contributed by atoms with van der Waals surface area (Å²) in [5.74, 6) is 1.46. The van der Waals surface area contributed by atoms with E-state index in [1.165, 1.54) is 11.1 Å². The maximum absolute atomic E-state index is 13.0. The first-order chi connectivity index (χ1) is 14.6. The minimum Gasteiger partial charge on any atom is -0.493 e. The van der Waals surface area contributed by atoms with Gasteiger partial charge < -0.3 is 14.6 Å². The van der Waals surface area contributed by atoms with E-state index >= 15 is 0 Å². The molecule has 6 rings (SSSR count). The van der Waals surface area contributed by atoms with E-state index in [2.05, 4.69) is 35.2 Å². The van der Waals surface area contributed by atoms with Gasteiger partial charge in [-0.2, -0.15) is 0 Å². The number of carbonyl (C=O) groups is 1. The number of hydrogen-bond acceptors (Lipinski definition) is 5. The quantitative estimate of drug-likeness (QED) is 0.848. The number of ether oxygens (including phenoxy) is 2. The number of carbonyl (C=O) groups excluding carboxylic acids is 1. The molecule has 0 aromatic heterocycles. The van der Waals surface area contributed by atoms with Crippen LogP contribution in [0.2, 0.25) is 0 Å². The van der Waals surface area contributed by atoms with Gasteiger partial charge in [0.2, 0.25) is 0 Å². The molecule has 2 heterocycles. The largest absolute Gasteiger partial charge is 0.493 e. The Bertz CT molecular complexity index is 1020. The van der Waals surface area contributed by atoms with Gasteiger partial charge in [0.25, 0.3) is 0 Å². The van der Waals surface area contributed by atoms with Gasteiger partial charge in [0.05, 0.1) is 18.1 Å². The average molecular weight is 405 g/mol. The number of methoxy groups -OCH3 is 1. The van der Waals surface area contributed by atoms with Crippen molar-refractivity contribution in [2.45, 2.75) is 55.3 Å². The summed E-state index contributed by atoms with van der Waals surface area (Å²) in [5, 5.41) is 12.2. The number of benzene rings is 2. The number of likely N-dealkylation sites (tertiary alicyclic amines) is 1. The molecule has 1 saturated carbocycles. The van der Waals surface area contributed by atoms with Gasteiger partial charge in [-0.05, 0) is 49.4 Å². The molecule has 1 saturated heterocycles. The summed E-state index contributed by atoms with van der Waals surface area (Å²) in [6, 6.07) is 14.6. The monoisotopic (exact) mass is 405 g/mol. The molecule has 4 atom stereocenters. The van der Waals surface area contributed by atoms with E-state index < -0.39 is 17.1 Å². The average Bonchev–Trinajstić information content (AvgIpc) is 3.12. The first-order valence-electron chi connectivity index (χ1n) is 11.0. The number of nitrogens with zero attached hydrogens (tertiary/aromatic N) is 1. The SMILES string of the molecule is COc1ccc2c3c1O[C@@H]1C(=O)CC[C@]4(O)C(C2)N(CCc2ccccc2)CC[C@@]314. The fourth-order valence-electron chi connectivity index (χ4n) is 6.75. The van der Waals surface area contributed by atoms with Crippen LogP contribution in [0, 0.1) is 0 Å². The van der Waals surface area contributed by atoms with Crippen molar-refractivity contribution in [3.05, 3.63) is 59.2 Å². The molecule has 2 aliphatic carbocycles. The maximum atomic E-state index is 13.0. The van der Waals surface area contributed by atoms with E-state index in [1.54, 1.807) is 7.11 Å².